The number of aromatic nitrogens is 1. The van der Waals surface area contributed by atoms with Crippen LogP contribution in [0, 0.1) is 0 Å². The number of hydrogen-bond acceptors (Lipinski definition) is 4. The van der Waals surface area contributed by atoms with Crippen LogP contribution in [0.2, 0.25) is 0 Å². The van der Waals surface area contributed by atoms with Gasteiger partial charge in [-0.25, -0.2) is 4.98 Å². The van der Waals surface area contributed by atoms with Crippen LogP contribution in [0.1, 0.15) is 23.0 Å². The molecule has 0 N–H and O–H groups in total. The van der Waals surface area contributed by atoms with Crippen molar-refractivity contribution in [2.24, 2.45) is 0 Å². The first-order valence-corrected chi connectivity index (χ1v) is 6.84. The summed E-state index contributed by atoms with van der Waals surface area (Å²) < 4.78 is 0. The molecule has 1 aliphatic heterocycles. The zero-order valence-corrected chi connectivity index (χ0v) is 11.3. The second-order valence-electron chi connectivity index (χ2n) is 4.61. The summed E-state index contributed by atoms with van der Waals surface area (Å²) in [5, 5.41) is 2.76. The minimum Gasteiger partial charge on any atom is -0.374 e. The van der Waals surface area contributed by atoms with Crippen LogP contribution in [-0.2, 0) is 6.42 Å². The topological polar surface area (TPSA) is 33.2 Å². The molecule has 0 radical (unpaired) electrons. The van der Waals surface area contributed by atoms with Crippen molar-refractivity contribution in [3.05, 3.63) is 34.8 Å². The number of thiazole rings is 1. The monoisotopic (exact) mass is 258 g/mol. The number of Topliss-reactive ketones (excluding diaryl/α,β-unsaturated/α-hetero) is 1. The van der Waals surface area contributed by atoms with Gasteiger partial charge in [0.25, 0.3) is 0 Å². The molecule has 18 heavy (non-hydrogen) atoms. The van der Waals surface area contributed by atoms with E-state index in [0.717, 1.165) is 23.5 Å². The molecule has 4 heteroatoms. The van der Waals surface area contributed by atoms with Crippen molar-refractivity contribution in [2.45, 2.75) is 13.3 Å². The van der Waals surface area contributed by atoms with Crippen LogP contribution in [0.15, 0.2) is 23.6 Å². The molecule has 0 saturated carbocycles. The average molecular weight is 258 g/mol. The summed E-state index contributed by atoms with van der Waals surface area (Å²) in [5.74, 6) is 0.0263. The summed E-state index contributed by atoms with van der Waals surface area (Å²) in [6.45, 7) is 2.63. The predicted molar refractivity (Wildman–Crippen MR) is 74.5 cm³/mol. The molecule has 3 rings (SSSR count). The quantitative estimate of drug-likeness (QED) is 0.776. The molecule has 0 bridgehead atoms. The lowest BCUT2D eigenvalue weighted by atomic mass is 10.1. The van der Waals surface area contributed by atoms with Gasteiger partial charge in [-0.1, -0.05) is 0 Å². The Labute approximate surface area is 110 Å². The van der Waals surface area contributed by atoms with Gasteiger partial charge in [-0.05, 0) is 30.2 Å². The van der Waals surface area contributed by atoms with Crippen molar-refractivity contribution in [2.75, 3.05) is 18.5 Å². The Bertz CT molecular complexity index is 618. The molecule has 2 aromatic rings. The smallest absolute Gasteiger partial charge is 0.178 e. The van der Waals surface area contributed by atoms with Gasteiger partial charge in [0.15, 0.2) is 5.78 Å². The highest BCUT2D eigenvalue weighted by molar-refractivity contribution is 7.13. The fourth-order valence-electron chi connectivity index (χ4n) is 2.27. The van der Waals surface area contributed by atoms with Crippen molar-refractivity contribution in [1.29, 1.82) is 0 Å². The fraction of sp³-hybridized carbons (Fsp3) is 0.286. The van der Waals surface area contributed by atoms with Gasteiger partial charge in [-0.3, -0.25) is 4.79 Å². The van der Waals surface area contributed by atoms with E-state index in [4.69, 9.17) is 0 Å². The fourth-order valence-corrected chi connectivity index (χ4v) is 3.12. The van der Waals surface area contributed by atoms with Crippen LogP contribution in [0.25, 0.3) is 10.6 Å². The minimum absolute atomic E-state index is 0.0263. The van der Waals surface area contributed by atoms with Crippen LogP contribution in [-0.4, -0.2) is 24.4 Å². The van der Waals surface area contributed by atoms with Crippen molar-refractivity contribution in [1.82, 2.24) is 4.98 Å². The third-order valence-electron chi connectivity index (χ3n) is 3.32. The molecule has 0 atom stereocenters. The molecule has 1 aromatic carbocycles. The van der Waals surface area contributed by atoms with Crippen molar-refractivity contribution < 1.29 is 4.79 Å². The molecular weight excluding hydrogens is 244 g/mol. The second-order valence-corrected chi connectivity index (χ2v) is 5.47. The van der Waals surface area contributed by atoms with Gasteiger partial charge in [-0.2, -0.15) is 0 Å². The first-order valence-electron chi connectivity index (χ1n) is 5.96. The molecule has 92 valence electrons. The summed E-state index contributed by atoms with van der Waals surface area (Å²) >= 11 is 1.53. The first kappa shape index (κ1) is 11.4. The van der Waals surface area contributed by atoms with E-state index >= 15 is 0 Å². The lowest BCUT2D eigenvalue weighted by Crippen LogP contribution is -2.12. The highest BCUT2D eigenvalue weighted by Crippen LogP contribution is 2.32. The van der Waals surface area contributed by atoms with E-state index in [1.165, 1.54) is 22.6 Å². The molecule has 1 aromatic heterocycles. The second kappa shape index (κ2) is 4.21. The number of anilines is 1. The van der Waals surface area contributed by atoms with Gasteiger partial charge in [-0.15, -0.1) is 11.3 Å². The number of nitrogens with zero attached hydrogens (tertiary/aromatic N) is 2. The van der Waals surface area contributed by atoms with E-state index in [1.54, 1.807) is 6.92 Å². The maximum atomic E-state index is 11.3. The maximum absolute atomic E-state index is 11.3. The Balaban J connectivity index is 1.99. The molecule has 0 unspecified atom stereocenters. The molecule has 0 amide bonds. The third kappa shape index (κ3) is 1.82. The molecule has 0 spiro atoms. The maximum Gasteiger partial charge on any atom is 0.178 e. The molecule has 2 heterocycles. The van der Waals surface area contributed by atoms with E-state index in [2.05, 4.69) is 35.1 Å². The van der Waals surface area contributed by atoms with Gasteiger partial charge >= 0.3 is 0 Å². The molecule has 0 aliphatic carbocycles. The number of carbonyl (C=O) groups is 1. The van der Waals surface area contributed by atoms with E-state index in [1.807, 2.05) is 5.38 Å². The first-order chi connectivity index (χ1) is 8.65. The summed E-state index contributed by atoms with van der Waals surface area (Å²) in [6, 6.07) is 6.43. The predicted octanol–water partition coefficient (Wildman–Crippen LogP) is 3.01. The molecule has 1 aliphatic rings. The molecule has 3 nitrogen and oxygen atoms in total. The van der Waals surface area contributed by atoms with E-state index in [9.17, 15) is 4.79 Å². The zero-order valence-electron chi connectivity index (χ0n) is 10.4. The Morgan fingerprint density at radius 2 is 2.28 bits per heavy atom. The highest BCUT2D eigenvalue weighted by atomic mass is 32.1. The molecule has 0 saturated heterocycles. The zero-order chi connectivity index (χ0) is 12.7. The minimum atomic E-state index is 0.0263. The SMILES string of the molecule is CC(=O)c1csc(-c2ccc3c(c2)CCN3C)n1. The summed E-state index contributed by atoms with van der Waals surface area (Å²) in [4.78, 5) is 17.9. The number of carbonyl (C=O) groups excluding carboxylic acids is 1. The van der Waals surface area contributed by atoms with E-state index in [0.29, 0.717) is 5.69 Å². The number of fused-ring (bicyclic) bond motifs is 1. The summed E-state index contributed by atoms with van der Waals surface area (Å²) in [6.07, 6.45) is 1.09. The lowest BCUT2D eigenvalue weighted by Gasteiger charge is -2.11. The van der Waals surface area contributed by atoms with Crippen LogP contribution >= 0.6 is 11.3 Å². The largest absolute Gasteiger partial charge is 0.374 e. The summed E-state index contributed by atoms with van der Waals surface area (Å²) in [5.41, 5.74) is 4.35. The summed E-state index contributed by atoms with van der Waals surface area (Å²) in [7, 11) is 2.11. The molecular formula is C14H14N2OS. The van der Waals surface area contributed by atoms with Gasteiger partial charge < -0.3 is 4.90 Å². The standard InChI is InChI=1S/C14H14N2OS/c1-9(17)12-8-18-14(15-12)11-3-4-13-10(7-11)5-6-16(13)2/h3-4,7-8H,5-6H2,1-2H3. The van der Waals surface area contributed by atoms with Crippen LogP contribution < -0.4 is 4.90 Å². The van der Waals surface area contributed by atoms with Crippen LogP contribution in [0.3, 0.4) is 0 Å². The number of benzene rings is 1. The van der Waals surface area contributed by atoms with Crippen LogP contribution in [0.5, 0.6) is 0 Å². The lowest BCUT2D eigenvalue weighted by molar-refractivity contribution is 0.101. The Hall–Kier alpha value is -1.68. The number of hydrogen-bond donors (Lipinski definition) is 0. The molecule has 0 fully saturated rings. The number of likely N-dealkylation sites (N-methyl/N-ethyl adjacent to an activating group) is 1. The number of rotatable bonds is 2. The normalized spacial score (nSPS) is 13.8. The Morgan fingerprint density at radius 3 is 3.00 bits per heavy atom. The number of ketones is 1. The van der Waals surface area contributed by atoms with Crippen molar-refractivity contribution >= 4 is 22.8 Å². The van der Waals surface area contributed by atoms with Gasteiger partial charge in [0.05, 0.1) is 0 Å². The van der Waals surface area contributed by atoms with Gasteiger partial charge in [0, 0.05) is 37.1 Å². The van der Waals surface area contributed by atoms with Gasteiger partial charge in [0.1, 0.15) is 10.7 Å². The van der Waals surface area contributed by atoms with Gasteiger partial charge in [0.2, 0.25) is 0 Å². The highest BCUT2D eigenvalue weighted by Gasteiger charge is 2.17. The van der Waals surface area contributed by atoms with E-state index < -0.39 is 0 Å². The Morgan fingerprint density at radius 1 is 1.44 bits per heavy atom. The third-order valence-corrected chi connectivity index (χ3v) is 4.21. The average Bonchev–Trinajstić information content (AvgIpc) is 2.96. The Kier molecular flexibility index (Phi) is 2.67. The van der Waals surface area contributed by atoms with Crippen molar-refractivity contribution in [3.8, 4) is 10.6 Å². The van der Waals surface area contributed by atoms with E-state index in [-0.39, 0.29) is 5.78 Å². The van der Waals surface area contributed by atoms with Crippen LogP contribution in [0.4, 0.5) is 5.69 Å². The van der Waals surface area contributed by atoms with Crippen molar-refractivity contribution in [3.63, 3.8) is 0 Å².